The number of halogens is 1. The second-order valence-electron chi connectivity index (χ2n) is 5.94. The molecule has 0 unspecified atom stereocenters. The Kier molecular flexibility index (Phi) is 6.20. The first-order chi connectivity index (χ1) is 13.9. The van der Waals surface area contributed by atoms with Crippen molar-refractivity contribution in [2.75, 3.05) is 10.6 Å². The molecule has 2 heterocycles. The predicted molar refractivity (Wildman–Crippen MR) is 108 cm³/mol. The van der Waals surface area contributed by atoms with Crippen molar-refractivity contribution in [2.24, 2.45) is 5.73 Å². The van der Waals surface area contributed by atoms with Crippen molar-refractivity contribution in [1.82, 2.24) is 15.0 Å². The number of primary amides is 1. The van der Waals surface area contributed by atoms with Gasteiger partial charge in [0.2, 0.25) is 11.8 Å². The molecule has 0 fully saturated rings. The molecule has 0 radical (unpaired) electrons. The van der Waals surface area contributed by atoms with Crippen molar-refractivity contribution in [3.8, 4) is 11.6 Å². The molecular weight excluding hydrogens is 396 g/mol. The number of anilines is 2. The Morgan fingerprint density at radius 1 is 1.14 bits per heavy atom. The van der Waals surface area contributed by atoms with Gasteiger partial charge in [-0.25, -0.2) is 15.0 Å². The van der Waals surface area contributed by atoms with E-state index < -0.39 is 17.9 Å². The van der Waals surface area contributed by atoms with Crippen molar-refractivity contribution in [2.45, 2.75) is 13.0 Å². The second kappa shape index (κ2) is 8.98. The lowest BCUT2D eigenvalue weighted by molar-refractivity contribution is -0.118. The van der Waals surface area contributed by atoms with Crippen LogP contribution in [0.4, 0.5) is 11.4 Å². The molecule has 0 aliphatic carbocycles. The van der Waals surface area contributed by atoms with Crippen molar-refractivity contribution in [1.29, 1.82) is 0 Å². The Bertz CT molecular complexity index is 1010. The predicted octanol–water partition coefficient (Wildman–Crippen LogP) is 2.86. The first-order valence-electron chi connectivity index (χ1n) is 8.49. The SMILES string of the molecule is C[C@H](Nc1cc(Oc2ccc(Cl)cn2)ccc1NC(=O)c1ccncn1)C(N)=O. The minimum atomic E-state index is -0.686. The van der Waals surface area contributed by atoms with Gasteiger partial charge in [-0.1, -0.05) is 11.6 Å². The van der Waals surface area contributed by atoms with Crippen LogP contribution >= 0.6 is 11.6 Å². The first-order valence-corrected chi connectivity index (χ1v) is 8.87. The van der Waals surface area contributed by atoms with Crippen LogP contribution in [0.5, 0.6) is 11.6 Å². The quantitative estimate of drug-likeness (QED) is 0.543. The van der Waals surface area contributed by atoms with E-state index >= 15 is 0 Å². The van der Waals surface area contributed by atoms with E-state index in [9.17, 15) is 9.59 Å². The van der Waals surface area contributed by atoms with Gasteiger partial charge in [0.25, 0.3) is 5.91 Å². The van der Waals surface area contributed by atoms with Gasteiger partial charge in [-0.05, 0) is 31.2 Å². The number of nitrogens with one attached hydrogen (secondary N) is 2. The Morgan fingerprint density at radius 2 is 1.97 bits per heavy atom. The Balaban J connectivity index is 1.87. The molecule has 3 rings (SSSR count). The van der Waals surface area contributed by atoms with E-state index in [1.807, 2.05) is 0 Å². The van der Waals surface area contributed by atoms with Crippen molar-refractivity contribution in [3.63, 3.8) is 0 Å². The summed E-state index contributed by atoms with van der Waals surface area (Å²) in [5.41, 5.74) is 6.39. The summed E-state index contributed by atoms with van der Waals surface area (Å²) in [5, 5.41) is 6.18. The van der Waals surface area contributed by atoms with Gasteiger partial charge in [0.05, 0.1) is 16.4 Å². The summed E-state index contributed by atoms with van der Waals surface area (Å²) in [7, 11) is 0. The smallest absolute Gasteiger partial charge is 0.274 e. The third-order valence-electron chi connectivity index (χ3n) is 3.78. The molecule has 3 aromatic rings. The van der Waals surface area contributed by atoms with Crippen molar-refractivity contribution in [3.05, 3.63) is 65.8 Å². The van der Waals surface area contributed by atoms with Crippen LogP contribution in [-0.4, -0.2) is 32.8 Å². The number of carbonyl (C=O) groups excluding carboxylic acids is 2. The largest absolute Gasteiger partial charge is 0.439 e. The number of carbonyl (C=O) groups is 2. The molecule has 10 heteroatoms. The molecule has 2 amide bonds. The minimum absolute atomic E-state index is 0.194. The number of hydrogen-bond acceptors (Lipinski definition) is 7. The number of benzene rings is 1. The molecule has 0 bridgehead atoms. The van der Waals surface area contributed by atoms with E-state index in [0.29, 0.717) is 28.0 Å². The zero-order chi connectivity index (χ0) is 20.8. The molecule has 4 N–H and O–H groups in total. The maximum absolute atomic E-state index is 12.4. The summed E-state index contributed by atoms with van der Waals surface area (Å²) < 4.78 is 5.70. The number of pyridine rings is 1. The first kappa shape index (κ1) is 20.0. The third kappa shape index (κ3) is 5.39. The maximum atomic E-state index is 12.4. The average molecular weight is 413 g/mol. The molecule has 29 heavy (non-hydrogen) atoms. The molecule has 148 valence electrons. The molecule has 0 saturated carbocycles. The molecule has 1 atom stereocenters. The van der Waals surface area contributed by atoms with Gasteiger partial charge in [0.15, 0.2) is 0 Å². The van der Waals surface area contributed by atoms with Crippen LogP contribution in [0.25, 0.3) is 0 Å². The number of hydrogen-bond donors (Lipinski definition) is 3. The fraction of sp³-hybridized carbons (Fsp3) is 0.105. The molecule has 0 saturated heterocycles. The highest BCUT2D eigenvalue weighted by atomic mass is 35.5. The Morgan fingerprint density at radius 3 is 2.62 bits per heavy atom. The molecule has 0 spiro atoms. The summed E-state index contributed by atoms with van der Waals surface area (Å²) in [4.78, 5) is 35.7. The molecule has 2 aromatic heterocycles. The van der Waals surface area contributed by atoms with Crippen LogP contribution < -0.4 is 21.1 Å². The zero-order valence-corrected chi connectivity index (χ0v) is 16.1. The Hall–Kier alpha value is -3.72. The van der Waals surface area contributed by atoms with Gasteiger partial charge in [-0.15, -0.1) is 0 Å². The number of amides is 2. The molecule has 0 aliphatic rings. The number of nitrogens with two attached hydrogens (primary N) is 1. The molecular formula is C19H17ClN6O3. The summed E-state index contributed by atoms with van der Waals surface area (Å²) in [5.74, 6) is -0.223. The fourth-order valence-electron chi connectivity index (χ4n) is 2.27. The minimum Gasteiger partial charge on any atom is -0.439 e. The van der Waals surface area contributed by atoms with Crippen molar-refractivity contribution >= 4 is 34.8 Å². The fourth-order valence-corrected chi connectivity index (χ4v) is 2.39. The number of aromatic nitrogens is 3. The summed E-state index contributed by atoms with van der Waals surface area (Å²) in [6.07, 6.45) is 4.20. The zero-order valence-electron chi connectivity index (χ0n) is 15.3. The number of rotatable bonds is 7. The number of nitrogens with zero attached hydrogens (tertiary/aromatic N) is 3. The van der Waals surface area contributed by atoms with Gasteiger partial charge in [-0.2, -0.15) is 0 Å². The summed E-state index contributed by atoms with van der Waals surface area (Å²) in [6.45, 7) is 1.60. The molecule has 0 aliphatic heterocycles. The molecule has 9 nitrogen and oxygen atoms in total. The van der Waals surface area contributed by atoms with Gasteiger partial charge in [0, 0.05) is 24.5 Å². The van der Waals surface area contributed by atoms with Crippen LogP contribution in [-0.2, 0) is 4.79 Å². The summed E-state index contributed by atoms with van der Waals surface area (Å²) in [6, 6.07) is 8.95. The monoisotopic (exact) mass is 412 g/mol. The highest BCUT2D eigenvalue weighted by molar-refractivity contribution is 6.30. The number of ether oxygens (including phenoxy) is 1. The van der Waals surface area contributed by atoms with Crippen LogP contribution in [0.3, 0.4) is 0 Å². The molecule has 1 aromatic carbocycles. The van der Waals surface area contributed by atoms with Crippen molar-refractivity contribution < 1.29 is 14.3 Å². The van der Waals surface area contributed by atoms with E-state index in [1.54, 1.807) is 37.3 Å². The second-order valence-corrected chi connectivity index (χ2v) is 6.38. The van der Waals surface area contributed by atoms with Gasteiger partial charge >= 0.3 is 0 Å². The van der Waals surface area contributed by atoms with E-state index in [1.165, 1.54) is 24.8 Å². The highest BCUT2D eigenvalue weighted by Crippen LogP contribution is 2.30. The average Bonchev–Trinajstić information content (AvgIpc) is 2.72. The van der Waals surface area contributed by atoms with E-state index in [-0.39, 0.29) is 5.69 Å². The van der Waals surface area contributed by atoms with Gasteiger partial charge in [0.1, 0.15) is 23.8 Å². The summed E-state index contributed by atoms with van der Waals surface area (Å²) >= 11 is 5.83. The Labute approximate surface area is 171 Å². The van der Waals surface area contributed by atoms with E-state index in [0.717, 1.165) is 0 Å². The van der Waals surface area contributed by atoms with Crippen LogP contribution in [0.1, 0.15) is 17.4 Å². The lowest BCUT2D eigenvalue weighted by Gasteiger charge is -2.17. The third-order valence-corrected chi connectivity index (χ3v) is 4.00. The lowest BCUT2D eigenvalue weighted by Crippen LogP contribution is -2.32. The van der Waals surface area contributed by atoms with E-state index in [4.69, 9.17) is 22.1 Å². The van der Waals surface area contributed by atoms with Crippen LogP contribution in [0.15, 0.2) is 55.1 Å². The highest BCUT2D eigenvalue weighted by Gasteiger charge is 2.15. The standard InChI is InChI=1S/C19H17ClN6O3/c1-11(18(21)27)25-16-8-13(29-17-5-2-12(20)9-23-17)3-4-14(16)26-19(28)15-6-7-22-10-24-15/h2-11,25H,1H3,(H2,21,27)(H,26,28)/t11-/m0/s1. The normalized spacial score (nSPS) is 11.4. The van der Waals surface area contributed by atoms with Gasteiger partial charge in [-0.3, -0.25) is 9.59 Å². The maximum Gasteiger partial charge on any atom is 0.274 e. The van der Waals surface area contributed by atoms with Gasteiger partial charge < -0.3 is 21.1 Å². The van der Waals surface area contributed by atoms with Crippen LogP contribution in [0.2, 0.25) is 5.02 Å². The van der Waals surface area contributed by atoms with Crippen LogP contribution in [0, 0.1) is 0 Å². The van der Waals surface area contributed by atoms with E-state index in [2.05, 4.69) is 25.6 Å². The topological polar surface area (TPSA) is 132 Å². The lowest BCUT2D eigenvalue weighted by atomic mass is 10.2.